The Kier molecular flexibility index (Phi) is 7.96. The van der Waals surface area contributed by atoms with Gasteiger partial charge in [0.05, 0.1) is 20.3 Å². The molecule has 2 aromatic carbocycles. The van der Waals surface area contributed by atoms with Crippen molar-refractivity contribution in [3.8, 4) is 5.75 Å². The van der Waals surface area contributed by atoms with Crippen LogP contribution in [0.4, 0.5) is 0 Å². The van der Waals surface area contributed by atoms with E-state index in [9.17, 15) is 13.2 Å². The molecule has 0 amide bonds. The average molecular weight is 486 g/mol. The molecular weight excluding hydrogens is 465 g/mol. The van der Waals surface area contributed by atoms with E-state index in [4.69, 9.17) is 37.4 Å². The van der Waals surface area contributed by atoms with Gasteiger partial charge in [0.25, 0.3) is 0 Å². The molecule has 1 aliphatic heterocycles. The standard InChI is InChI=1S/C21H21Cl2NO6S/c1-28-19-6-2-15(12-20(19)31(26,27)24-8-10-29-11-9-24)3-7-21(25)30-14-16-4-5-17(22)13-18(16)23/h2-7,12-13H,8-11,14H2,1H3/b7-3+. The lowest BCUT2D eigenvalue weighted by Gasteiger charge is -2.26. The van der Waals surface area contributed by atoms with E-state index >= 15 is 0 Å². The minimum atomic E-state index is -3.77. The maximum atomic E-state index is 13.0. The first-order chi connectivity index (χ1) is 14.8. The number of nitrogens with zero attached hydrogens (tertiary/aromatic N) is 1. The van der Waals surface area contributed by atoms with E-state index in [2.05, 4.69) is 0 Å². The van der Waals surface area contributed by atoms with Gasteiger partial charge in [-0.25, -0.2) is 13.2 Å². The molecule has 0 spiro atoms. The fourth-order valence-electron chi connectivity index (χ4n) is 2.92. The quantitative estimate of drug-likeness (QED) is 0.438. The lowest BCUT2D eigenvalue weighted by atomic mass is 10.2. The van der Waals surface area contributed by atoms with Crippen molar-refractivity contribution in [3.63, 3.8) is 0 Å². The van der Waals surface area contributed by atoms with Gasteiger partial charge in [0.1, 0.15) is 17.3 Å². The van der Waals surface area contributed by atoms with E-state index in [1.165, 1.54) is 29.6 Å². The maximum Gasteiger partial charge on any atom is 0.331 e. The van der Waals surface area contributed by atoms with Crippen LogP contribution < -0.4 is 4.74 Å². The number of carbonyl (C=O) groups is 1. The van der Waals surface area contributed by atoms with Crippen LogP contribution in [-0.2, 0) is 30.9 Å². The first-order valence-electron chi connectivity index (χ1n) is 9.36. The molecule has 3 rings (SSSR count). The summed E-state index contributed by atoms with van der Waals surface area (Å²) in [6, 6.07) is 9.55. The normalized spacial score (nSPS) is 15.2. The van der Waals surface area contributed by atoms with Crippen molar-refractivity contribution in [1.82, 2.24) is 4.31 Å². The van der Waals surface area contributed by atoms with E-state index in [1.807, 2.05) is 0 Å². The number of morpholine rings is 1. The number of hydrogen-bond acceptors (Lipinski definition) is 6. The summed E-state index contributed by atoms with van der Waals surface area (Å²) >= 11 is 11.9. The number of benzene rings is 2. The van der Waals surface area contributed by atoms with Crippen molar-refractivity contribution in [1.29, 1.82) is 0 Å². The second kappa shape index (κ2) is 10.5. The van der Waals surface area contributed by atoms with Gasteiger partial charge in [0.15, 0.2) is 0 Å². The van der Waals surface area contributed by atoms with Crippen molar-refractivity contribution >= 4 is 45.3 Å². The smallest absolute Gasteiger partial charge is 0.331 e. The van der Waals surface area contributed by atoms with Crippen LogP contribution in [0.5, 0.6) is 5.75 Å². The molecule has 0 atom stereocenters. The van der Waals surface area contributed by atoms with Gasteiger partial charge in [0.2, 0.25) is 10.0 Å². The van der Waals surface area contributed by atoms with E-state index in [1.54, 1.807) is 30.3 Å². The predicted octanol–water partition coefficient (Wildman–Crippen LogP) is 3.78. The third-order valence-corrected chi connectivity index (χ3v) is 7.08. The zero-order valence-corrected chi connectivity index (χ0v) is 19.0. The molecule has 0 unspecified atom stereocenters. The molecule has 7 nitrogen and oxygen atoms in total. The van der Waals surface area contributed by atoms with Crippen LogP contribution in [0.2, 0.25) is 10.0 Å². The van der Waals surface area contributed by atoms with Crippen LogP contribution in [0.1, 0.15) is 11.1 Å². The van der Waals surface area contributed by atoms with E-state index in [-0.39, 0.29) is 30.3 Å². The second-order valence-electron chi connectivity index (χ2n) is 6.60. The minimum absolute atomic E-state index is 0.0154. The summed E-state index contributed by atoms with van der Waals surface area (Å²) in [7, 11) is -2.36. The number of esters is 1. The van der Waals surface area contributed by atoms with Crippen molar-refractivity contribution in [3.05, 3.63) is 63.6 Å². The molecule has 0 aromatic heterocycles. The molecule has 0 N–H and O–H groups in total. The number of hydrogen-bond donors (Lipinski definition) is 0. The lowest BCUT2D eigenvalue weighted by Crippen LogP contribution is -2.40. The van der Waals surface area contributed by atoms with Crippen molar-refractivity contribution in [2.45, 2.75) is 11.5 Å². The van der Waals surface area contributed by atoms with Crippen LogP contribution in [0, 0.1) is 0 Å². The molecule has 1 saturated heterocycles. The number of sulfonamides is 1. The van der Waals surface area contributed by atoms with Crippen LogP contribution in [0.25, 0.3) is 6.08 Å². The monoisotopic (exact) mass is 485 g/mol. The minimum Gasteiger partial charge on any atom is -0.495 e. The van der Waals surface area contributed by atoms with Gasteiger partial charge in [-0.05, 0) is 35.9 Å². The van der Waals surface area contributed by atoms with Gasteiger partial charge in [-0.3, -0.25) is 0 Å². The average Bonchev–Trinajstić information content (AvgIpc) is 2.77. The number of rotatable bonds is 7. The Bertz CT molecular complexity index is 1080. The van der Waals surface area contributed by atoms with Crippen LogP contribution in [0.3, 0.4) is 0 Å². The highest BCUT2D eigenvalue weighted by molar-refractivity contribution is 7.89. The highest BCUT2D eigenvalue weighted by Gasteiger charge is 2.29. The Morgan fingerprint density at radius 3 is 2.58 bits per heavy atom. The van der Waals surface area contributed by atoms with Gasteiger partial charge < -0.3 is 14.2 Å². The molecule has 1 aliphatic rings. The molecular formula is C21H21Cl2NO6S. The largest absolute Gasteiger partial charge is 0.495 e. The summed E-state index contributed by atoms with van der Waals surface area (Å²) in [5.41, 5.74) is 1.13. The summed E-state index contributed by atoms with van der Waals surface area (Å²) in [6.07, 6.45) is 2.69. The summed E-state index contributed by atoms with van der Waals surface area (Å²) < 4.78 is 43.1. The molecule has 0 bridgehead atoms. The summed E-state index contributed by atoms with van der Waals surface area (Å²) in [5, 5.41) is 0.889. The highest BCUT2D eigenvalue weighted by atomic mass is 35.5. The number of carbonyl (C=O) groups excluding carboxylic acids is 1. The summed E-state index contributed by atoms with van der Waals surface area (Å²) in [6.45, 7) is 1.20. The van der Waals surface area contributed by atoms with Gasteiger partial charge in [-0.1, -0.05) is 35.3 Å². The molecule has 0 saturated carbocycles. The third kappa shape index (κ3) is 5.99. The topological polar surface area (TPSA) is 82.1 Å². The van der Waals surface area contributed by atoms with E-state index in [0.29, 0.717) is 34.4 Å². The Balaban J connectivity index is 1.73. The zero-order valence-electron chi connectivity index (χ0n) is 16.7. The molecule has 1 fully saturated rings. The van der Waals surface area contributed by atoms with Gasteiger partial charge in [-0.2, -0.15) is 4.31 Å². The SMILES string of the molecule is COc1ccc(/C=C/C(=O)OCc2ccc(Cl)cc2Cl)cc1S(=O)(=O)N1CCOCC1. The van der Waals surface area contributed by atoms with E-state index < -0.39 is 16.0 Å². The molecule has 1 heterocycles. The Morgan fingerprint density at radius 1 is 1.16 bits per heavy atom. The van der Waals surface area contributed by atoms with E-state index in [0.717, 1.165) is 0 Å². The molecule has 10 heteroatoms. The molecule has 166 valence electrons. The number of ether oxygens (including phenoxy) is 3. The molecule has 2 aromatic rings. The number of halogens is 2. The van der Waals surface area contributed by atoms with Gasteiger partial charge >= 0.3 is 5.97 Å². The second-order valence-corrected chi connectivity index (χ2v) is 9.35. The first kappa shape index (κ1) is 23.6. The van der Waals surface area contributed by atoms with Gasteiger partial charge in [-0.15, -0.1) is 0 Å². The zero-order chi connectivity index (χ0) is 22.4. The molecule has 0 radical (unpaired) electrons. The molecule has 0 aliphatic carbocycles. The maximum absolute atomic E-state index is 13.0. The summed E-state index contributed by atoms with van der Waals surface area (Å²) in [4.78, 5) is 12.1. The number of methoxy groups -OCH3 is 1. The van der Waals surface area contributed by atoms with Crippen LogP contribution >= 0.6 is 23.2 Å². The van der Waals surface area contributed by atoms with Crippen molar-refractivity contribution < 1.29 is 27.4 Å². The highest BCUT2D eigenvalue weighted by Crippen LogP contribution is 2.29. The van der Waals surface area contributed by atoms with Crippen molar-refractivity contribution in [2.24, 2.45) is 0 Å². The lowest BCUT2D eigenvalue weighted by molar-refractivity contribution is -0.138. The Morgan fingerprint density at radius 2 is 1.90 bits per heavy atom. The van der Waals surface area contributed by atoms with Crippen LogP contribution in [0.15, 0.2) is 47.4 Å². The Labute approximate surface area is 191 Å². The first-order valence-corrected chi connectivity index (χ1v) is 11.6. The summed E-state index contributed by atoms with van der Waals surface area (Å²) in [5.74, 6) is -0.372. The fraction of sp³-hybridized carbons (Fsp3) is 0.286. The Hall–Kier alpha value is -2.10. The molecule has 31 heavy (non-hydrogen) atoms. The predicted molar refractivity (Wildman–Crippen MR) is 118 cm³/mol. The van der Waals surface area contributed by atoms with Crippen molar-refractivity contribution in [2.75, 3.05) is 33.4 Å². The fourth-order valence-corrected chi connectivity index (χ4v) is 4.99. The van der Waals surface area contributed by atoms with Crippen LogP contribution in [-0.4, -0.2) is 52.1 Å². The third-order valence-electron chi connectivity index (χ3n) is 4.57. The van der Waals surface area contributed by atoms with Gasteiger partial charge in [0, 0.05) is 34.8 Å².